The minimum Gasteiger partial charge on any atom is -0.496 e. The number of hydrogen-bond donors (Lipinski definition) is 1. The van der Waals surface area contributed by atoms with Crippen LogP contribution in [0.2, 0.25) is 0 Å². The van der Waals surface area contributed by atoms with E-state index in [1.54, 1.807) is 38.1 Å². The molecule has 0 unspecified atom stereocenters. The fourth-order valence-electron chi connectivity index (χ4n) is 3.89. The predicted octanol–water partition coefficient (Wildman–Crippen LogP) is 2.61. The third-order valence-electron chi connectivity index (χ3n) is 6.08. The van der Waals surface area contributed by atoms with Crippen LogP contribution in [0.15, 0.2) is 47.4 Å². The number of methoxy groups -OCH3 is 1. The Bertz CT molecular complexity index is 1100. The first-order valence-electron chi connectivity index (χ1n) is 10.9. The van der Waals surface area contributed by atoms with Crippen molar-refractivity contribution in [3.63, 3.8) is 0 Å². The van der Waals surface area contributed by atoms with Crippen LogP contribution in [0.4, 0.5) is 0 Å². The van der Waals surface area contributed by atoms with Gasteiger partial charge in [0.2, 0.25) is 15.9 Å². The first-order chi connectivity index (χ1) is 15.6. The van der Waals surface area contributed by atoms with Crippen LogP contribution >= 0.6 is 0 Å². The molecule has 0 aromatic heterocycles. The third kappa shape index (κ3) is 5.15. The molecule has 2 aromatic rings. The van der Waals surface area contributed by atoms with Crippen molar-refractivity contribution in [3.05, 3.63) is 42.5 Å². The predicted molar refractivity (Wildman–Crippen MR) is 126 cm³/mol. The zero-order valence-electron chi connectivity index (χ0n) is 19.7. The molecule has 8 nitrogen and oxygen atoms in total. The van der Waals surface area contributed by atoms with E-state index in [0.29, 0.717) is 12.3 Å². The molecule has 0 radical (unpaired) electrons. The van der Waals surface area contributed by atoms with E-state index in [9.17, 15) is 18.3 Å². The number of ether oxygens (including phenoxy) is 2. The quantitative estimate of drug-likeness (QED) is 0.689. The van der Waals surface area contributed by atoms with Crippen LogP contribution in [0.5, 0.6) is 11.5 Å². The molecular formula is C24H32N2O6S. The lowest BCUT2D eigenvalue weighted by atomic mass is 10.0. The number of carbonyl (C=O) groups is 1. The SMILES string of the molecule is COc1ccccc1-c1ccc2c(c1)O[C@@H](CN(C)C(C)=O)[C@H](C)CN([C@H](C)CO)S2(=O)=O. The Morgan fingerprint density at radius 2 is 2.00 bits per heavy atom. The van der Waals surface area contributed by atoms with E-state index >= 15 is 0 Å². The minimum atomic E-state index is -3.93. The molecule has 33 heavy (non-hydrogen) atoms. The summed E-state index contributed by atoms with van der Waals surface area (Å²) in [5.41, 5.74) is 1.55. The summed E-state index contributed by atoms with van der Waals surface area (Å²) in [6.07, 6.45) is -0.450. The summed E-state index contributed by atoms with van der Waals surface area (Å²) in [5, 5.41) is 9.75. The molecule has 0 fully saturated rings. The average molecular weight is 477 g/mol. The average Bonchev–Trinajstić information content (AvgIpc) is 2.80. The highest BCUT2D eigenvalue weighted by Gasteiger charge is 2.38. The first-order valence-corrected chi connectivity index (χ1v) is 12.3. The van der Waals surface area contributed by atoms with Gasteiger partial charge in [0.25, 0.3) is 0 Å². The second-order valence-corrected chi connectivity index (χ2v) is 10.4. The van der Waals surface area contributed by atoms with Crippen molar-refractivity contribution in [2.75, 3.05) is 33.9 Å². The highest BCUT2D eigenvalue weighted by molar-refractivity contribution is 7.89. The van der Waals surface area contributed by atoms with Gasteiger partial charge in [-0.25, -0.2) is 8.42 Å². The van der Waals surface area contributed by atoms with Crippen molar-refractivity contribution in [1.82, 2.24) is 9.21 Å². The fourth-order valence-corrected chi connectivity index (χ4v) is 5.72. The molecule has 1 heterocycles. The molecule has 9 heteroatoms. The summed E-state index contributed by atoms with van der Waals surface area (Å²) in [4.78, 5) is 13.5. The van der Waals surface area contributed by atoms with Gasteiger partial charge in [0, 0.05) is 38.0 Å². The summed E-state index contributed by atoms with van der Waals surface area (Å²) in [7, 11) is -0.664. The van der Waals surface area contributed by atoms with Gasteiger partial charge in [0.05, 0.1) is 20.3 Å². The molecule has 0 bridgehead atoms. The molecule has 180 valence electrons. The fraction of sp³-hybridized carbons (Fsp3) is 0.458. The van der Waals surface area contributed by atoms with E-state index in [-0.39, 0.29) is 35.6 Å². The number of nitrogens with zero attached hydrogens (tertiary/aromatic N) is 2. The second-order valence-electron chi connectivity index (χ2n) is 8.50. The minimum absolute atomic E-state index is 0.0313. The lowest BCUT2D eigenvalue weighted by molar-refractivity contribution is -0.129. The van der Waals surface area contributed by atoms with Gasteiger partial charge in [0.15, 0.2) is 0 Å². The van der Waals surface area contributed by atoms with Gasteiger partial charge >= 0.3 is 0 Å². The van der Waals surface area contributed by atoms with Crippen LogP contribution in [-0.2, 0) is 14.8 Å². The van der Waals surface area contributed by atoms with Gasteiger partial charge in [-0.3, -0.25) is 4.79 Å². The zero-order valence-corrected chi connectivity index (χ0v) is 20.5. The van der Waals surface area contributed by atoms with Crippen molar-refractivity contribution >= 4 is 15.9 Å². The smallest absolute Gasteiger partial charge is 0.247 e. The van der Waals surface area contributed by atoms with Crippen LogP contribution in [0.3, 0.4) is 0 Å². The molecule has 0 aliphatic carbocycles. The molecule has 3 rings (SSSR count). The molecule has 1 amide bonds. The molecule has 3 atom stereocenters. The van der Waals surface area contributed by atoms with E-state index in [4.69, 9.17) is 9.47 Å². The molecule has 1 aliphatic rings. The second kappa shape index (κ2) is 10.1. The number of sulfonamides is 1. The van der Waals surface area contributed by atoms with Gasteiger partial charge < -0.3 is 19.5 Å². The largest absolute Gasteiger partial charge is 0.496 e. The number of para-hydroxylation sites is 1. The highest BCUT2D eigenvalue weighted by atomic mass is 32.2. The van der Waals surface area contributed by atoms with Crippen LogP contribution in [-0.4, -0.2) is 74.6 Å². The first kappa shape index (κ1) is 25.0. The molecular weight excluding hydrogens is 444 g/mol. The maximum Gasteiger partial charge on any atom is 0.247 e. The van der Waals surface area contributed by atoms with E-state index in [1.165, 1.54) is 17.3 Å². The van der Waals surface area contributed by atoms with E-state index in [0.717, 1.165) is 11.1 Å². The maximum atomic E-state index is 13.6. The number of hydrogen-bond acceptors (Lipinski definition) is 6. The standard InChI is InChI=1S/C24H32N2O6S/c1-16-13-26(17(2)15-27)33(29,30)24-11-10-19(20-8-6-7-9-21(20)31-5)12-22(24)32-23(16)14-25(4)18(3)28/h6-12,16-17,23,27H,13-15H2,1-5H3/t16-,17-,23+/m1/s1. The summed E-state index contributed by atoms with van der Waals surface area (Å²) in [6.45, 7) is 5.20. The molecule has 1 aliphatic heterocycles. The Morgan fingerprint density at radius 1 is 1.30 bits per heavy atom. The summed E-state index contributed by atoms with van der Waals surface area (Å²) >= 11 is 0. The van der Waals surface area contributed by atoms with Crippen LogP contribution in [0.1, 0.15) is 20.8 Å². The number of rotatable bonds is 6. The Hall–Kier alpha value is -2.62. The molecule has 0 spiro atoms. The third-order valence-corrected chi connectivity index (χ3v) is 8.10. The van der Waals surface area contributed by atoms with Crippen molar-refractivity contribution < 1.29 is 27.8 Å². The van der Waals surface area contributed by atoms with Crippen molar-refractivity contribution in [2.45, 2.75) is 37.8 Å². The monoisotopic (exact) mass is 476 g/mol. The molecule has 1 N–H and O–H groups in total. The van der Waals surface area contributed by atoms with Gasteiger partial charge in [-0.15, -0.1) is 0 Å². The number of benzene rings is 2. The Kier molecular flexibility index (Phi) is 7.66. The number of aliphatic hydroxyl groups excluding tert-OH is 1. The molecule has 0 saturated heterocycles. The number of aliphatic hydroxyl groups is 1. The summed E-state index contributed by atoms with van der Waals surface area (Å²) < 4.78 is 40.2. The van der Waals surface area contributed by atoms with Crippen LogP contribution < -0.4 is 9.47 Å². The Morgan fingerprint density at radius 3 is 2.64 bits per heavy atom. The number of likely N-dealkylation sites (N-methyl/N-ethyl adjacent to an activating group) is 1. The number of carbonyl (C=O) groups excluding carboxylic acids is 1. The summed E-state index contributed by atoms with van der Waals surface area (Å²) in [5.74, 6) is 0.521. The van der Waals surface area contributed by atoms with E-state index < -0.39 is 22.2 Å². The van der Waals surface area contributed by atoms with Gasteiger partial charge in [-0.05, 0) is 30.7 Å². The van der Waals surface area contributed by atoms with Gasteiger partial charge in [-0.2, -0.15) is 4.31 Å². The van der Waals surface area contributed by atoms with Crippen molar-refractivity contribution in [1.29, 1.82) is 0 Å². The van der Waals surface area contributed by atoms with Crippen LogP contribution in [0.25, 0.3) is 11.1 Å². The number of fused-ring (bicyclic) bond motifs is 1. The Labute approximate surface area is 195 Å². The molecule has 0 saturated carbocycles. The lowest BCUT2D eigenvalue weighted by Crippen LogP contribution is -2.50. The highest BCUT2D eigenvalue weighted by Crippen LogP contribution is 2.38. The Balaban J connectivity index is 2.17. The summed E-state index contributed by atoms with van der Waals surface area (Å²) in [6, 6.07) is 11.8. The van der Waals surface area contributed by atoms with E-state index in [2.05, 4.69) is 0 Å². The van der Waals surface area contributed by atoms with Gasteiger partial charge in [0.1, 0.15) is 22.5 Å². The molecule has 2 aromatic carbocycles. The normalized spacial score (nSPS) is 21.2. The maximum absolute atomic E-state index is 13.6. The van der Waals surface area contributed by atoms with Gasteiger partial charge in [-0.1, -0.05) is 31.2 Å². The van der Waals surface area contributed by atoms with E-state index in [1.807, 2.05) is 31.2 Å². The van der Waals surface area contributed by atoms with Crippen molar-refractivity contribution in [3.8, 4) is 22.6 Å². The van der Waals surface area contributed by atoms with Crippen LogP contribution in [0, 0.1) is 5.92 Å². The number of amides is 1. The lowest BCUT2D eigenvalue weighted by Gasteiger charge is -2.37. The zero-order chi connectivity index (χ0) is 24.3. The van der Waals surface area contributed by atoms with Crippen molar-refractivity contribution in [2.24, 2.45) is 5.92 Å². The topological polar surface area (TPSA) is 96.4 Å².